The van der Waals surface area contributed by atoms with Gasteiger partial charge in [-0.2, -0.15) is 0 Å². The van der Waals surface area contributed by atoms with Crippen LogP contribution in [0.1, 0.15) is 32.6 Å². The van der Waals surface area contributed by atoms with Crippen LogP contribution in [0.4, 0.5) is 0 Å². The van der Waals surface area contributed by atoms with Gasteiger partial charge in [-0.25, -0.2) is 18.5 Å². The number of carbonyl (C=O) groups excluding carboxylic acids is 1. The van der Waals surface area contributed by atoms with Gasteiger partial charge in [0, 0.05) is 13.1 Å². The fourth-order valence-electron chi connectivity index (χ4n) is 3.37. The molecule has 1 heterocycles. The molecule has 1 aromatic carbocycles. The lowest BCUT2D eigenvalue weighted by molar-refractivity contribution is -0.119. The summed E-state index contributed by atoms with van der Waals surface area (Å²) >= 11 is 1.34. The van der Waals surface area contributed by atoms with E-state index in [-0.39, 0.29) is 22.6 Å². The van der Waals surface area contributed by atoms with Gasteiger partial charge in [-0.3, -0.25) is 4.79 Å². The Morgan fingerprint density at radius 2 is 2.12 bits per heavy atom. The molecule has 0 radical (unpaired) electrons. The van der Waals surface area contributed by atoms with Crippen molar-refractivity contribution in [2.75, 3.05) is 5.75 Å². The van der Waals surface area contributed by atoms with E-state index >= 15 is 0 Å². The number of carbonyl (C=O) groups is 1. The number of sulfonamides is 1. The van der Waals surface area contributed by atoms with Gasteiger partial charge in [0.1, 0.15) is 0 Å². The molecule has 9 heteroatoms. The van der Waals surface area contributed by atoms with Crippen molar-refractivity contribution in [3.8, 4) is 0 Å². The molecule has 2 aromatic rings. The highest BCUT2D eigenvalue weighted by atomic mass is 32.2. The van der Waals surface area contributed by atoms with Crippen molar-refractivity contribution in [3.63, 3.8) is 0 Å². The molecule has 142 valence electrons. The predicted octanol–water partition coefficient (Wildman–Crippen LogP) is 2.01. The van der Waals surface area contributed by atoms with Crippen molar-refractivity contribution >= 4 is 38.7 Å². The molecule has 0 saturated heterocycles. The van der Waals surface area contributed by atoms with Crippen LogP contribution in [0.25, 0.3) is 11.0 Å². The van der Waals surface area contributed by atoms with Crippen LogP contribution in [-0.2, 0) is 21.9 Å². The average molecular weight is 397 g/mol. The molecule has 26 heavy (non-hydrogen) atoms. The van der Waals surface area contributed by atoms with Gasteiger partial charge in [-0.05, 0) is 37.0 Å². The molecular weight excluding hydrogens is 372 g/mol. The van der Waals surface area contributed by atoms with E-state index in [4.69, 9.17) is 5.14 Å². The summed E-state index contributed by atoms with van der Waals surface area (Å²) in [6.07, 6.45) is 4.61. The molecule has 0 unspecified atom stereocenters. The summed E-state index contributed by atoms with van der Waals surface area (Å²) in [5.74, 6) is 0.804. The Kier molecular flexibility index (Phi) is 5.59. The number of rotatable bonds is 5. The zero-order valence-corrected chi connectivity index (χ0v) is 16.6. The summed E-state index contributed by atoms with van der Waals surface area (Å²) in [7, 11) is -1.92. The molecule has 3 rings (SSSR count). The van der Waals surface area contributed by atoms with Crippen molar-refractivity contribution in [1.29, 1.82) is 0 Å². The molecule has 0 spiro atoms. The van der Waals surface area contributed by atoms with Crippen LogP contribution in [0.15, 0.2) is 28.3 Å². The summed E-state index contributed by atoms with van der Waals surface area (Å²) in [6.45, 7) is 2.19. The first-order valence-electron chi connectivity index (χ1n) is 8.67. The molecule has 3 N–H and O–H groups in total. The molecule has 0 bridgehead atoms. The van der Waals surface area contributed by atoms with Crippen molar-refractivity contribution in [3.05, 3.63) is 18.2 Å². The lowest BCUT2D eigenvalue weighted by Gasteiger charge is -2.29. The number of nitrogens with zero attached hydrogens (tertiary/aromatic N) is 2. The smallest absolute Gasteiger partial charge is 0.238 e. The minimum Gasteiger partial charge on any atom is -0.352 e. The quantitative estimate of drug-likeness (QED) is 0.752. The van der Waals surface area contributed by atoms with Gasteiger partial charge in [-0.1, -0.05) is 31.5 Å². The highest BCUT2D eigenvalue weighted by Crippen LogP contribution is 2.26. The summed E-state index contributed by atoms with van der Waals surface area (Å²) in [5.41, 5.74) is 1.34. The van der Waals surface area contributed by atoms with Crippen LogP contribution >= 0.6 is 11.8 Å². The van der Waals surface area contributed by atoms with Gasteiger partial charge in [0.05, 0.1) is 21.7 Å². The largest absolute Gasteiger partial charge is 0.352 e. The second-order valence-corrected chi connectivity index (χ2v) is 9.38. The highest BCUT2D eigenvalue weighted by molar-refractivity contribution is 7.99. The number of imidazole rings is 1. The number of hydrogen-bond donors (Lipinski definition) is 2. The maximum absolute atomic E-state index is 12.3. The molecule has 1 amide bonds. The molecule has 1 saturated carbocycles. The number of amides is 1. The van der Waals surface area contributed by atoms with E-state index in [1.807, 2.05) is 11.6 Å². The van der Waals surface area contributed by atoms with Gasteiger partial charge in [0.25, 0.3) is 0 Å². The number of benzene rings is 1. The fraction of sp³-hybridized carbons (Fsp3) is 0.529. The molecule has 1 aliphatic rings. The fourth-order valence-corrected chi connectivity index (χ4v) is 4.70. The Labute approximate surface area is 157 Å². The number of hydrogen-bond acceptors (Lipinski definition) is 5. The van der Waals surface area contributed by atoms with Crippen LogP contribution < -0.4 is 10.5 Å². The maximum Gasteiger partial charge on any atom is 0.238 e. The molecule has 1 fully saturated rings. The van der Waals surface area contributed by atoms with Gasteiger partial charge in [0.2, 0.25) is 15.9 Å². The Morgan fingerprint density at radius 3 is 2.81 bits per heavy atom. The number of nitrogens with two attached hydrogens (primary N) is 1. The number of primary sulfonamides is 1. The third-order valence-corrected chi connectivity index (χ3v) is 6.87. The summed E-state index contributed by atoms with van der Waals surface area (Å²) < 4.78 is 24.8. The topological polar surface area (TPSA) is 107 Å². The summed E-state index contributed by atoms with van der Waals surface area (Å²) in [5, 5.41) is 8.96. The normalized spacial score (nSPS) is 21.0. The van der Waals surface area contributed by atoms with Gasteiger partial charge < -0.3 is 9.88 Å². The van der Waals surface area contributed by atoms with Crippen LogP contribution in [0, 0.1) is 5.92 Å². The van der Waals surface area contributed by atoms with E-state index in [9.17, 15) is 13.2 Å². The van der Waals surface area contributed by atoms with Crippen molar-refractivity contribution in [1.82, 2.24) is 14.9 Å². The van der Waals surface area contributed by atoms with Crippen LogP contribution in [0.3, 0.4) is 0 Å². The van der Waals surface area contributed by atoms with Crippen molar-refractivity contribution in [2.45, 2.75) is 48.7 Å². The molecular formula is C17H24N4O3S2. The number of fused-ring (bicyclic) bond motifs is 1. The van der Waals surface area contributed by atoms with E-state index in [2.05, 4.69) is 17.2 Å². The summed E-state index contributed by atoms with van der Waals surface area (Å²) in [6, 6.07) is 4.86. The molecule has 7 nitrogen and oxygen atoms in total. The van der Waals surface area contributed by atoms with E-state index < -0.39 is 10.0 Å². The van der Waals surface area contributed by atoms with Crippen LogP contribution in [0.5, 0.6) is 0 Å². The third-order valence-electron chi connectivity index (χ3n) is 4.93. The van der Waals surface area contributed by atoms with Gasteiger partial charge in [-0.15, -0.1) is 0 Å². The number of aryl methyl sites for hydroxylation is 1. The second kappa shape index (κ2) is 7.58. The van der Waals surface area contributed by atoms with Crippen LogP contribution in [0.2, 0.25) is 0 Å². The lowest BCUT2D eigenvalue weighted by Crippen LogP contribution is -2.41. The minimum absolute atomic E-state index is 0.00558. The monoisotopic (exact) mass is 396 g/mol. The Morgan fingerprint density at radius 1 is 1.38 bits per heavy atom. The standard InChI is InChI=1S/C17H24N4O3S2/c1-11-5-3-4-6-13(11)19-16(22)10-25-17-20-14-9-12(26(18,23)24)7-8-15(14)21(17)2/h7-9,11,13H,3-6,10H2,1-2H3,(H,19,22)(H2,18,23,24)/t11-,13-/m1/s1. The van der Waals surface area contributed by atoms with Crippen LogP contribution in [-0.4, -0.2) is 35.7 Å². The minimum atomic E-state index is -3.77. The SMILES string of the molecule is C[C@@H]1CCCC[C@H]1NC(=O)CSc1nc2cc(S(N)(=O)=O)ccc2n1C. The zero-order chi connectivity index (χ0) is 18.9. The van der Waals surface area contributed by atoms with E-state index in [1.165, 1.54) is 36.7 Å². The first-order chi connectivity index (χ1) is 12.3. The number of thioether (sulfide) groups is 1. The van der Waals surface area contributed by atoms with Crippen molar-refractivity contribution < 1.29 is 13.2 Å². The maximum atomic E-state index is 12.3. The summed E-state index contributed by atoms with van der Waals surface area (Å²) in [4.78, 5) is 16.8. The van der Waals surface area contributed by atoms with E-state index in [0.29, 0.717) is 16.6 Å². The average Bonchev–Trinajstić information content (AvgIpc) is 2.90. The number of nitrogens with one attached hydrogen (secondary N) is 1. The molecule has 0 aliphatic heterocycles. The molecule has 1 aromatic heterocycles. The van der Waals surface area contributed by atoms with E-state index in [1.54, 1.807) is 6.07 Å². The molecule has 2 atom stereocenters. The van der Waals surface area contributed by atoms with Gasteiger partial charge >= 0.3 is 0 Å². The second-order valence-electron chi connectivity index (χ2n) is 6.87. The first-order valence-corrected chi connectivity index (χ1v) is 11.2. The highest BCUT2D eigenvalue weighted by Gasteiger charge is 2.23. The number of aromatic nitrogens is 2. The third kappa shape index (κ3) is 4.21. The van der Waals surface area contributed by atoms with Crippen molar-refractivity contribution in [2.24, 2.45) is 18.1 Å². The first kappa shape index (κ1) is 19.2. The Balaban J connectivity index is 1.68. The van der Waals surface area contributed by atoms with E-state index in [0.717, 1.165) is 18.4 Å². The lowest BCUT2D eigenvalue weighted by atomic mass is 9.86. The Bertz CT molecular complexity index is 923. The van der Waals surface area contributed by atoms with Gasteiger partial charge in [0.15, 0.2) is 5.16 Å². The molecule has 1 aliphatic carbocycles. The Hall–Kier alpha value is -1.58. The predicted molar refractivity (Wildman–Crippen MR) is 102 cm³/mol. The zero-order valence-electron chi connectivity index (χ0n) is 14.9.